The molecule has 0 heterocycles. The normalized spacial score (nSPS) is 11.4. The molecule has 2 nitrogen and oxygen atoms in total. The minimum absolute atomic E-state index is 0.0186. The molecular formula is C18H22O2. The van der Waals surface area contributed by atoms with E-state index in [4.69, 9.17) is 4.74 Å². The number of aliphatic hydroxyl groups is 1. The SMILES string of the molecule is Cc1cc(C(C)(C)C)ccc1Oc1ccccc1CO. The summed E-state index contributed by atoms with van der Waals surface area (Å²) in [5.74, 6) is 1.54. The quantitative estimate of drug-likeness (QED) is 0.884. The summed E-state index contributed by atoms with van der Waals surface area (Å²) >= 11 is 0. The van der Waals surface area contributed by atoms with E-state index in [9.17, 15) is 5.11 Å². The molecule has 0 aliphatic rings. The molecule has 2 rings (SSSR count). The highest BCUT2D eigenvalue weighted by Crippen LogP contribution is 2.31. The zero-order valence-corrected chi connectivity index (χ0v) is 12.6. The van der Waals surface area contributed by atoms with Crippen LogP contribution < -0.4 is 4.74 Å². The van der Waals surface area contributed by atoms with Crippen molar-refractivity contribution in [3.8, 4) is 11.5 Å². The lowest BCUT2D eigenvalue weighted by molar-refractivity contribution is 0.276. The fourth-order valence-corrected chi connectivity index (χ4v) is 2.08. The van der Waals surface area contributed by atoms with Crippen molar-refractivity contribution in [1.82, 2.24) is 0 Å². The number of hydrogen-bond acceptors (Lipinski definition) is 2. The Balaban J connectivity index is 2.31. The summed E-state index contributed by atoms with van der Waals surface area (Å²) in [4.78, 5) is 0. The number of benzene rings is 2. The van der Waals surface area contributed by atoms with Crippen LogP contribution >= 0.6 is 0 Å². The summed E-state index contributed by atoms with van der Waals surface area (Å²) < 4.78 is 5.94. The van der Waals surface area contributed by atoms with Crippen LogP contribution in [0.5, 0.6) is 11.5 Å². The van der Waals surface area contributed by atoms with Gasteiger partial charge in [-0.15, -0.1) is 0 Å². The van der Waals surface area contributed by atoms with E-state index in [0.717, 1.165) is 16.9 Å². The van der Waals surface area contributed by atoms with Gasteiger partial charge in [0.1, 0.15) is 11.5 Å². The summed E-state index contributed by atoms with van der Waals surface area (Å²) in [6.07, 6.45) is 0. The van der Waals surface area contributed by atoms with E-state index in [-0.39, 0.29) is 12.0 Å². The lowest BCUT2D eigenvalue weighted by Crippen LogP contribution is -2.11. The van der Waals surface area contributed by atoms with Gasteiger partial charge in [0, 0.05) is 5.56 Å². The predicted molar refractivity (Wildman–Crippen MR) is 82.3 cm³/mol. The van der Waals surface area contributed by atoms with Crippen molar-refractivity contribution in [3.63, 3.8) is 0 Å². The van der Waals surface area contributed by atoms with E-state index in [2.05, 4.69) is 32.9 Å². The molecule has 2 heteroatoms. The molecule has 0 bridgehead atoms. The van der Waals surface area contributed by atoms with E-state index >= 15 is 0 Å². The van der Waals surface area contributed by atoms with Crippen molar-refractivity contribution in [2.45, 2.75) is 39.7 Å². The van der Waals surface area contributed by atoms with Gasteiger partial charge in [0.2, 0.25) is 0 Å². The highest BCUT2D eigenvalue weighted by Gasteiger charge is 2.15. The highest BCUT2D eigenvalue weighted by molar-refractivity contribution is 5.43. The third-order valence-electron chi connectivity index (χ3n) is 3.40. The number of para-hydroxylation sites is 1. The third-order valence-corrected chi connectivity index (χ3v) is 3.40. The van der Waals surface area contributed by atoms with Gasteiger partial charge in [0.15, 0.2) is 0 Å². The molecule has 1 N–H and O–H groups in total. The Morgan fingerprint density at radius 2 is 1.70 bits per heavy atom. The van der Waals surface area contributed by atoms with E-state index in [1.807, 2.05) is 37.3 Å². The second-order valence-corrected chi connectivity index (χ2v) is 6.10. The number of hydrogen-bond donors (Lipinski definition) is 1. The predicted octanol–water partition coefficient (Wildman–Crippen LogP) is 4.58. The second-order valence-electron chi connectivity index (χ2n) is 6.10. The molecule has 0 unspecified atom stereocenters. The second kappa shape index (κ2) is 5.68. The first-order chi connectivity index (χ1) is 9.41. The maximum atomic E-state index is 9.34. The van der Waals surface area contributed by atoms with Crippen molar-refractivity contribution in [2.24, 2.45) is 0 Å². The van der Waals surface area contributed by atoms with Crippen LogP contribution in [0.3, 0.4) is 0 Å². The monoisotopic (exact) mass is 270 g/mol. The molecule has 0 saturated heterocycles. The van der Waals surface area contributed by atoms with Gasteiger partial charge in [-0.05, 0) is 35.6 Å². The Bertz CT molecular complexity index is 595. The first-order valence-electron chi connectivity index (χ1n) is 6.89. The van der Waals surface area contributed by atoms with E-state index < -0.39 is 0 Å². The average Bonchev–Trinajstić information content (AvgIpc) is 2.40. The molecule has 20 heavy (non-hydrogen) atoms. The minimum Gasteiger partial charge on any atom is -0.457 e. The van der Waals surface area contributed by atoms with Gasteiger partial charge in [-0.2, -0.15) is 0 Å². The Labute approximate surface area is 121 Å². The number of aliphatic hydroxyl groups excluding tert-OH is 1. The molecule has 2 aromatic rings. The number of rotatable bonds is 3. The standard InChI is InChI=1S/C18H22O2/c1-13-11-15(18(2,3)4)9-10-16(13)20-17-8-6-5-7-14(17)12-19/h5-11,19H,12H2,1-4H3. The van der Waals surface area contributed by atoms with Crippen LogP contribution in [0.1, 0.15) is 37.5 Å². The van der Waals surface area contributed by atoms with Gasteiger partial charge < -0.3 is 9.84 Å². The smallest absolute Gasteiger partial charge is 0.132 e. The van der Waals surface area contributed by atoms with Crippen LogP contribution in [0.25, 0.3) is 0 Å². The van der Waals surface area contributed by atoms with E-state index in [1.165, 1.54) is 5.56 Å². The first kappa shape index (κ1) is 14.6. The molecule has 0 amide bonds. The Kier molecular flexibility index (Phi) is 4.15. The Hall–Kier alpha value is -1.80. The zero-order chi connectivity index (χ0) is 14.8. The molecule has 0 fully saturated rings. The van der Waals surface area contributed by atoms with Gasteiger partial charge >= 0.3 is 0 Å². The van der Waals surface area contributed by atoms with Crippen molar-refractivity contribution in [3.05, 3.63) is 59.2 Å². The minimum atomic E-state index is -0.0186. The molecule has 0 spiro atoms. The van der Waals surface area contributed by atoms with Crippen LogP contribution in [0, 0.1) is 6.92 Å². The van der Waals surface area contributed by atoms with Crippen LogP contribution in [-0.2, 0) is 12.0 Å². The fraction of sp³-hybridized carbons (Fsp3) is 0.333. The van der Waals surface area contributed by atoms with Crippen LogP contribution in [0.2, 0.25) is 0 Å². The lowest BCUT2D eigenvalue weighted by atomic mass is 9.86. The van der Waals surface area contributed by atoms with E-state index in [1.54, 1.807) is 0 Å². The van der Waals surface area contributed by atoms with Gasteiger partial charge in [0.25, 0.3) is 0 Å². The Morgan fingerprint density at radius 1 is 1.00 bits per heavy atom. The summed E-state index contributed by atoms with van der Waals surface area (Å²) in [7, 11) is 0. The van der Waals surface area contributed by atoms with Gasteiger partial charge in [-0.25, -0.2) is 0 Å². The largest absolute Gasteiger partial charge is 0.457 e. The van der Waals surface area contributed by atoms with E-state index in [0.29, 0.717) is 5.75 Å². The van der Waals surface area contributed by atoms with Crippen molar-refractivity contribution >= 4 is 0 Å². The third kappa shape index (κ3) is 3.20. The molecule has 0 radical (unpaired) electrons. The van der Waals surface area contributed by atoms with Crippen molar-refractivity contribution in [1.29, 1.82) is 0 Å². The molecule has 0 aliphatic carbocycles. The van der Waals surface area contributed by atoms with Gasteiger partial charge in [0.05, 0.1) is 6.61 Å². The van der Waals surface area contributed by atoms with Crippen molar-refractivity contribution in [2.75, 3.05) is 0 Å². The number of aryl methyl sites for hydroxylation is 1. The average molecular weight is 270 g/mol. The maximum Gasteiger partial charge on any atom is 0.132 e. The summed E-state index contributed by atoms with van der Waals surface area (Å²) in [5, 5.41) is 9.34. The molecule has 0 aliphatic heterocycles. The molecule has 0 saturated carbocycles. The molecule has 106 valence electrons. The molecular weight excluding hydrogens is 248 g/mol. The van der Waals surface area contributed by atoms with Crippen LogP contribution in [0.4, 0.5) is 0 Å². The molecule has 0 atom stereocenters. The maximum absolute atomic E-state index is 9.34. The summed E-state index contributed by atoms with van der Waals surface area (Å²) in [5.41, 5.74) is 3.32. The lowest BCUT2D eigenvalue weighted by Gasteiger charge is -2.21. The summed E-state index contributed by atoms with van der Waals surface area (Å²) in [6, 6.07) is 13.8. The highest BCUT2D eigenvalue weighted by atomic mass is 16.5. The topological polar surface area (TPSA) is 29.5 Å². The molecule has 2 aromatic carbocycles. The first-order valence-corrected chi connectivity index (χ1v) is 6.89. The van der Waals surface area contributed by atoms with Gasteiger partial charge in [-0.1, -0.05) is 51.1 Å². The zero-order valence-electron chi connectivity index (χ0n) is 12.6. The van der Waals surface area contributed by atoms with Gasteiger partial charge in [-0.3, -0.25) is 0 Å². The summed E-state index contributed by atoms with van der Waals surface area (Å²) in [6.45, 7) is 8.62. The van der Waals surface area contributed by atoms with Crippen LogP contribution in [0.15, 0.2) is 42.5 Å². The Morgan fingerprint density at radius 3 is 2.30 bits per heavy atom. The fourth-order valence-electron chi connectivity index (χ4n) is 2.08. The van der Waals surface area contributed by atoms with Crippen LogP contribution in [-0.4, -0.2) is 5.11 Å². The number of ether oxygens (including phenoxy) is 1. The molecule has 0 aromatic heterocycles. The van der Waals surface area contributed by atoms with Crippen molar-refractivity contribution < 1.29 is 9.84 Å².